The highest BCUT2D eigenvalue weighted by Crippen LogP contribution is 2.27. The third-order valence-electron chi connectivity index (χ3n) is 5.17. The highest BCUT2D eigenvalue weighted by atomic mass is 32.2. The van der Waals surface area contributed by atoms with Crippen LogP contribution in [0.15, 0.2) is 60.4 Å². The van der Waals surface area contributed by atoms with Crippen LogP contribution in [0, 0.1) is 0 Å². The minimum Gasteiger partial charge on any atom is -0.369 e. The summed E-state index contributed by atoms with van der Waals surface area (Å²) < 4.78 is 0. The Morgan fingerprint density at radius 1 is 1.09 bits per heavy atom. The summed E-state index contributed by atoms with van der Waals surface area (Å²) in [6.07, 6.45) is 8.67. The van der Waals surface area contributed by atoms with Crippen LogP contribution in [0.1, 0.15) is 28.8 Å². The predicted octanol–water partition coefficient (Wildman–Crippen LogP) is 3.78. The molecule has 1 aromatic carbocycles. The van der Waals surface area contributed by atoms with Crippen LogP contribution in [-0.2, 0) is 0 Å². The number of pyridine rings is 1. The number of anilines is 1. The minimum atomic E-state index is -0.122. The van der Waals surface area contributed by atoms with Crippen molar-refractivity contribution in [2.24, 2.45) is 0 Å². The van der Waals surface area contributed by atoms with Crippen LogP contribution < -0.4 is 10.6 Å². The number of carbonyl (C=O) groups is 1. The highest BCUT2D eigenvalue weighted by molar-refractivity contribution is 7.98. The molecule has 0 spiro atoms. The first-order valence-electron chi connectivity index (χ1n) is 10.1. The molecule has 9 heteroatoms. The number of para-hydroxylation sites is 1. The van der Waals surface area contributed by atoms with Crippen molar-refractivity contribution in [2.75, 3.05) is 25.2 Å². The SMILES string of the molecule is CNC(=O)c1ccnc2c([C@H](C)CNc3cc(-c4cnc(SC)nc4)ncn3)cccc12. The molecule has 32 heavy (non-hydrogen) atoms. The molecule has 0 fully saturated rings. The van der Waals surface area contributed by atoms with Crippen molar-refractivity contribution < 1.29 is 4.79 Å². The number of nitrogens with zero attached hydrogens (tertiary/aromatic N) is 5. The highest BCUT2D eigenvalue weighted by Gasteiger charge is 2.15. The number of aromatic nitrogens is 5. The van der Waals surface area contributed by atoms with Crippen molar-refractivity contribution in [2.45, 2.75) is 18.0 Å². The molecular formula is C23H23N7OS. The summed E-state index contributed by atoms with van der Waals surface area (Å²) in [5.74, 6) is 0.729. The number of rotatable bonds is 7. The minimum absolute atomic E-state index is 0.122. The summed E-state index contributed by atoms with van der Waals surface area (Å²) >= 11 is 1.49. The summed E-state index contributed by atoms with van der Waals surface area (Å²) in [7, 11) is 1.63. The molecule has 3 aromatic heterocycles. The molecule has 0 radical (unpaired) electrons. The largest absolute Gasteiger partial charge is 0.369 e. The molecule has 162 valence electrons. The zero-order valence-corrected chi connectivity index (χ0v) is 18.8. The average Bonchev–Trinajstić information content (AvgIpc) is 2.86. The van der Waals surface area contributed by atoms with Crippen molar-refractivity contribution in [3.63, 3.8) is 0 Å². The number of fused-ring (bicyclic) bond motifs is 1. The number of amides is 1. The smallest absolute Gasteiger partial charge is 0.251 e. The van der Waals surface area contributed by atoms with Gasteiger partial charge in [-0.2, -0.15) is 0 Å². The Morgan fingerprint density at radius 3 is 2.66 bits per heavy atom. The lowest BCUT2D eigenvalue weighted by Gasteiger charge is -2.16. The van der Waals surface area contributed by atoms with Crippen LogP contribution in [0.25, 0.3) is 22.2 Å². The second kappa shape index (κ2) is 9.69. The second-order valence-corrected chi connectivity index (χ2v) is 7.98. The Labute approximate surface area is 190 Å². The fraction of sp³-hybridized carbons (Fsp3) is 0.217. The van der Waals surface area contributed by atoms with Crippen molar-refractivity contribution in [1.82, 2.24) is 30.2 Å². The standard InChI is InChI=1S/C23H23N7OS/c1-14(16-5-4-6-17-18(22(31)24-2)7-8-25-21(16)17)10-26-20-9-19(29-13-30-20)15-11-27-23(32-3)28-12-15/h4-9,11-14H,10H2,1-3H3,(H,24,31)(H,26,29,30)/t14-/m1/s1. The number of hydrogen-bond donors (Lipinski definition) is 2. The van der Waals surface area contributed by atoms with Gasteiger partial charge in [0.15, 0.2) is 5.16 Å². The second-order valence-electron chi connectivity index (χ2n) is 7.21. The van der Waals surface area contributed by atoms with E-state index >= 15 is 0 Å². The van der Waals surface area contributed by atoms with E-state index < -0.39 is 0 Å². The summed E-state index contributed by atoms with van der Waals surface area (Å²) in [6, 6.07) is 9.56. The Morgan fingerprint density at radius 2 is 1.91 bits per heavy atom. The lowest BCUT2D eigenvalue weighted by atomic mass is 9.96. The molecule has 0 bridgehead atoms. The van der Waals surface area contributed by atoms with Gasteiger partial charge in [0.25, 0.3) is 5.91 Å². The number of carbonyl (C=O) groups excluding carboxylic acids is 1. The molecule has 3 heterocycles. The Balaban J connectivity index is 1.53. The van der Waals surface area contributed by atoms with Gasteiger partial charge in [-0.05, 0) is 17.9 Å². The van der Waals surface area contributed by atoms with E-state index in [1.54, 1.807) is 31.7 Å². The van der Waals surface area contributed by atoms with Crippen molar-refractivity contribution >= 4 is 34.4 Å². The van der Waals surface area contributed by atoms with Gasteiger partial charge in [-0.25, -0.2) is 19.9 Å². The van der Waals surface area contributed by atoms with Crippen molar-refractivity contribution in [1.29, 1.82) is 0 Å². The molecule has 0 aliphatic heterocycles. The van der Waals surface area contributed by atoms with Gasteiger partial charge in [0.1, 0.15) is 12.1 Å². The fourth-order valence-electron chi connectivity index (χ4n) is 3.46. The molecule has 1 atom stereocenters. The van der Waals surface area contributed by atoms with Gasteiger partial charge in [0.2, 0.25) is 0 Å². The van der Waals surface area contributed by atoms with E-state index in [1.807, 2.05) is 30.5 Å². The first-order chi connectivity index (χ1) is 15.6. The van der Waals surface area contributed by atoms with E-state index in [0.29, 0.717) is 12.1 Å². The molecule has 0 saturated heterocycles. The van der Waals surface area contributed by atoms with Crippen LogP contribution in [0.5, 0.6) is 0 Å². The van der Waals surface area contributed by atoms with E-state index in [0.717, 1.165) is 38.7 Å². The Kier molecular flexibility index (Phi) is 6.55. The van der Waals surface area contributed by atoms with Gasteiger partial charge < -0.3 is 10.6 Å². The summed E-state index contributed by atoms with van der Waals surface area (Å²) in [5.41, 5.74) is 4.11. The molecular weight excluding hydrogens is 422 g/mol. The third-order valence-corrected chi connectivity index (χ3v) is 5.74. The number of thioether (sulfide) groups is 1. The zero-order valence-electron chi connectivity index (χ0n) is 18.0. The van der Waals surface area contributed by atoms with Gasteiger partial charge >= 0.3 is 0 Å². The first-order valence-corrected chi connectivity index (χ1v) is 11.3. The molecule has 0 aliphatic rings. The molecule has 4 rings (SSSR count). The lowest BCUT2D eigenvalue weighted by molar-refractivity contribution is 0.0964. The molecule has 2 N–H and O–H groups in total. The molecule has 4 aromatic rings. The summed E-state index contributed by atoms with van der Waals surface area (Å²) in [6.45, 7) is 2.76. The van der Waals surface area contributed by atoms with Crippen molar-refractivity contribution in [3.05, 3.63) is 66.4 Å². The van der Waals surface area contributed by atoms with Crippen molar-refractivity contribution in [3.8, 4) is 11.3 Å². The monoisotopic (exact) mass is 445 g/mol. The van der Waals surface area contributed by atoms with E-state index in [-0.39, 0.29) is 11.8 Å². The Bertz CT molecular complexity index is 1250. The van der Waals surface area contributed by atoms with Gasteiger partial charge in [0, 0.05) is 55.1 Å². The molecule has 1 amide bonds. The number of nitrogens with one attached hydrogen (secondary N) is 2. The molecule has 0 unspecified atom stereocenters. The van der Waals surface area contributed by atoms with E-state index in [1.165, 1.54) is 18.1 Å². The maximum atomic E-state index is 12.2. The fourth-order valence-corrected chi connectivity index (χ4v) is 3.78. The number of hydrogen-bond acceptors (Lipinski definition) is 8. The van der Waals surface area contributed by atoms with Crippen LogP contribution in [0.3, 0.4) is 0 Å². The average molecular weight is 446 g/mol. The molecule has 8 nitrogen and oxygen atoms in total. The molecule has 0 aliphatic carbocycles. The first kappa shape index (κ1) is 21.6. The lowest BCUT2D eigenvalue weighted by Crippen LogP contribution is -2.18. The van der Waals surface area contributed by atoms with E-state index in [4.69, 9.17) is 0 Å². The van der Waals surface area contributed by atoms with E-state index in [9.17, 15) is 4.79 Å². The number of benzene rings is 1. The van der Waals surface area contributed by atoms with Gasteiger partial charge in [-0.1, -0.05) is 36.9 Å². The van der Waals surface area contributed by atoms with Gasteiger partial charge in [0.05, 0.1) is 16.8 Å². The summed E-state index contributed by atoms with van der Waals surface area (Å²) in [5, 5.41) is 7.64. The van der Waals surface area contributed by atoms with Crippen LogP contribution >= 0.6 is 11.8 Å². The van der Waals surface area contributed by atoms with Gasteiger partial charge in [-0.15, -0.1) is 0 Å². The summed E-state index contributed by atoms with van der Waals surface area (Å²) in [4.78, 5) is 34.1. The van der Waals surface area contributed by atoms with Crippen LogP contribution in [0.4, 0.5) is 5.82 Å². The molecule has 0 saturated carbocycles. The normalized spacial score (nSPS) is 11.8. The Hall–Kier alpha value is -3.59. The predicted molar refractivity (Wildman–Crippen MR) is 127 cm³/mol. The third kappa shape index (κ3) is 4.52. The van der Waals surface area contributed by atoms with Crippen LogP contribution in [-0.4, -0.2) is 50.7 Å². The topological polar surface area (TPSA) is 106 Å². The van der Waals surface area contributed by atoms with E-state index in [2.05, 4.69) is 42.5 Å². The van der Waals surface area contributed by atoms with Gasteiger partial charge in [-0.3, -0.25) is 9.78 Å². The quantitative estimate of drug-likeness (QED) is 0.327. The van der Waals surface area contributed by atoms with Crippen LogP contribution in [0.2, 0.25) is 0 Å². The zero-order chi connectivity index (χ0) is 22.5. The maximum Gasteiger partial charge on any atom is 0.251 e. The maximum absolute atomic E-state index is 12.2.